The Morgan fingerprint density at radius 2 is 2.18 bits per heavy atom. The summed E-state index contributed by atoms with van der Waals surface area (Å²) in [7, 11) is 0. The summed E-state index contributed by atoms with van der Waals surface area (Å²) in [5, 5.41) is 4.83. The van der Waals surface area contributed by atoms with Crippen LogP contribution >= 0.6 is 11.8 Å². The Balaban J connectivity index is 1.64. The van der Waals surface area contributed by atoms with Gasteiger partial charge in [-0.3, -0.25) is 4.99 Å². The molecule has 0 aromatic carbocycles. The van der Waals surface area contributed by atoms with Gasteiger partial charge in [-0.15, -0.1) is 0 Å². The predicted molar refractivity (Wildman–Crippen MR) is 74.7 cm³/mol. The average molecular weight is 253 g/mol. The predicted octanol–water partition coefficient (Wildman–Crippen LogP) is 1.94. The first kappa shape index (κ1) is 11.8. The van der Waals surface area contributed by atoms with Crippen molar-refractivity contribution >= 4 is 16.9 Å². The second kappa shape index (κ2) is 5.19. The van der Waals surface area contributed by atoms with E-state index in [1.807, 2.05) is 11.8 Å². The topological polar surface area (TPSA) is 27.6 Å². The minimum Gasteiger partial charge on any atom is -0.362 e. The summed E-state index contributed by atoms with van der Waals surface area (Å²) in [4.78, 5) is 7.59. The van der Waals surface area contributed by atoms with Crippen molar-refractivity contribution in [2.45, 2.75) is 44.7 Å². The molecule has 96 valence electrons. The molecule has 0 aromatic heterocycles. The maximum absolute atomic E-state index is 5.00. The van der Waals surface area contributed by atoms with Crippen LogP contribution < -0.4 is 5.32 Å². The van der Waals surface area contributed by atoms with Gasteiger partial charge in [-0.25, -0.2) is 0 Å². The van der Waals surface area contributed by atoms with Gasteiger partial charge in [-0.2, -0.15) is 0 Å². The number of piperidine rings is 3. The number of amidine groups is 1. The molecule has 2 bridgehead atoms. The third-order valence-electron chi connectivity index (χ3n) is 4.43. The van der Waals surface area contributed by atoms with Crippen LogP contribution in [-0.4, -0.2) is 47.5 Å². The van der Waals surface area contributed by atoms with Crippen molar-refractivity contribution in [1.82, 2.24) is 10.2 Å². The van der Waals surface area contributed by atoms with Crippen molar-refractivity contribution < 1.29 is 0 Å². The summed E-state index contributed by atoms with van der Waals surface area (Å²) >= 11 is 1.92. The molecule has 0 aromatic rings. The van der Waals surface area contributed by atoms with E-state index in [0.29, 0.717) is 12.1 Å². The van der Waals surface area contributed by atoms with Crippen molar-refractivity contribution in [3.8, 4) is 0 Å². The summed E-state index contributed by atoms with van der Waals surface area (Å²) in [6.07, 6.45) is 5.24. The molecular formula is C13H23N3S. The number of hydrogen-bond acceptors (Lipinski definition) is 3. The maximum atomic E-state index is 5.00. The number of thioether (sulfide) groups is 1. The molecule has 4 aliphatic heterocycles. The zero-order valence-electron chi connectivity index (χ0n) is 10.7. The minimum atomic E-state index is 0.572. The Bertz CT molecular complexity index is 297. The molecular weight excluding hydrogens is 230 g/mol. The molecule has 0 spiro atoms. The van der Waals surface area contributed by atoms with Crippen molar-refractivity contribution in [2.24, 2.45) is 10.9 Å². The van der Waals surface area contributed by atoms with Gasteiger partial charge >= 0.3 is 0 Å². The molecule has 3 nitrogen and oxygen atoms in total. The van der Waals surface area contributed by atoms with Crippen LogP contribution in [0.3, 0.4) is 0 Å². The molecule has 4 aliphatic rings. The number of fused-ring (bicyclic) bond motifs is 3. The van der Waals surface area contributed by atoms with Crippen LogP contribution in [0.1, 0.15) is 32.6 Å². The summed E-state index contributed by atoms with van der Waals surface area (Å²) in [5.41, 5.74) is 0. The Kier molecular flexibility index (Phi) is 3.61. The normalized spacial score (nSPS) is 43.7. The van der Waals surface area contributed by atoms with E-state index in [9.17, 15) is 0 Å². The molecule has 4 rings (SSSR count). The number of rotatable bonds is 2. The Morgan fingerprint density at radius 1 is 1.35 bits per heavy atom. The quantitative estimate of drug-likeness (QED) is 0.815. The van der Waals surface area contributed by atoms with Crippen LogP contribution in [-0.2, 0) is 0 Å². The first-order valence-corrected chi connectivity index (χ1v) is 8.03. The lowest BCUT2D eigenvalue weighted by Gasteiger charge is -2.43. The highest BCUT2D eigenvalue weighted by molar-refractivity contribution is 8.13. The fourth-order valence-corrected chi connectivity index (χ4v) is 4.25. The summed E-state index contributed by atoms with van der Waals surface area (Å²) in [6.45, 7) is 6.08. The van der Waals surface area contributed by atoms with Gasteiger partial charge in [0.25, 0.3) is 0 Å². The van der Waals surface area contributed by atoms with E-state index in [0.717, 1.165) is 5.92 Å². The van der Waals surface area contributed by atoms with Crippen LogP contribution in [0, 0.1) is 5.92 Å². The zero-order chi connectivity index (χ0) is 11.7. The van der Waals surface area contributed by atoms with Crippen LogP contribution in [0.25, 0.3) is 0 Å². The first-order valence-electron chi connectivity index (χ1n) is 7.04. The van der Waals surface area contributed by atoms with Crippen LogP contribution in [0.5, 0.6) is 0 Å². The van der Waals surface area contributed by atoms with E-state index in [1.165, 1.54) is 56.2 Å². The van der Waals surface area contributed by atoms with Crippen LogP contribution in [0.4, 0.5) is 0 Å². The third-order valence-corrected chi connectivity index (χ3v) is 5.37. The van der Waals surface area contributed by atoms with Crippen molar-refractivity contribution in [1.29, 1.82) is 0 Å². The summed E-state index contributed by atoms with van der Waals surface area (Å²) in [6, 6.07) is 1.24. The fourth-order valence-electron chi connectivity index (χ4n) is 3.20. The molecule has 4 fully saturated rings. The van der Waals surface area contributed by atoms with E-state index in [4.69, 9.17) is 4.99 Å². The van der Waals surface area contributed by atoms with E-state index in [1.54, 1.807) is 0 Å². The smallest absolute Gasteiger partial charge is 0.157 e. The fraction of sp³-hybridized carbons (Fsp3) is 0.923. The van der Waals surface area contributed by atoms with Crippen molar-refractivity contribution in [3.05, 3.63) is 0 Å². The van der Waals surface area contributed by atoms with Crippen molar-refractivity contribution in [2.75, 3.05) is 25.4 Å². The molecule has 4 heterocycles. The van der Waals surface area contributed by atoms with Gasteiger partial charge in [0.1, 0.15) is 0 Å². The second-order valence-corrected chi connectivity index (χ2v) is 6.61. The molecule has 1 N–H and O–H groups in total. The molecule has 0 aliphatic carbocycles. The monoisotopic (exact) mass is 253 g/mol. The lowest BCUT2D eigenvalue weighted by Crippen LogP contribution is -2.50. The van der Waals surface area contributed by atoms with Crippen LogP contribution in [0.2, 0.25) is 0 Å². The number of nitrogens with one attached hydrogen (secondary N) is 1. The Labute approximate surface area is 108 Å². The molecule has 17 heavy (non-hydrogen) atoms. The molecule has 2 atom stereocenters. The first-order chi connectivity index (χ1) is 8.35. The summed E-state index contributed by atoms with van der Waals surface area (Å²) in [5.74, 6) is 2.10. The third kappa shape index (κ3) is 2.63. The lowest BCUT2D eigenvalue weighted by atomic mass is 9.84. The van der Waals surface area contributed by atoms with Gasteiger partial charge in [-0.05, 0) is 44.7 Å². The highest BCUT2D eigenvalue weighted by Gasteiger charge is 2.34. The minimum absolute atomic E-state index is 0.572. The van der Waals surface area contributed by atoms with E-state index >= 15 is 0 Å². The largest absolute Gasteiger partial charge is 0.362 e. The highest BCUT2D eigenvalue weighted by atomic mass is 32.2. The molecule has 0 saturated carbocycles. The van der Waals surface area contributed by atoms with Gasteiger partial charge in [-0.1, -0.05) is 18.7 Å². The van der Waals surface area contributed by atoms with Gasteiger partial charge in [0.05, 0.1) is 6.04 Å². The standard InChI is InChI=1S/C13H23N3S/c1-2-11-5-8-17-13(14-11)15-12-9-16-6-3-10(12)4-7-16/h10-12H,2-9H2,1H3,(H,14,15). The van der Waals surface area contributed by atoms with E-state index in [2.05, 4.69) is 17.1 Å². The maximum Gasteiger partial charge on any atom is 0.157 e. The van der Waals surface area contributed by atoms with Gasteiger partial charge in [0.2, 0.25) is 0 Å². The Morgan fingerprint density at radius 3 is 2.82 bits per heavy atom. The van der Waals surface area contributed by atoms with E-state index in [-0.39, 0.29) is 0 Å². The Hall–Kier alpha value is -0.220. The van der Waals surface area contributed by atoms with Crippen LogP contribution in [0.15, 0.2) is 4.99 Å². The molecule has 0 radical (unpaired) electrons. The van der Waals surface area contributed by atoms with Gasteiger partial charge in [0, 0.05) is 18.3 Å². The van der Waals surface area contributed by atoms with E-state index < -0.39 is 0 Å². The summed E-state index contributed by atoms with van der Waals surface area (Å²) < 4.78 is 0. The average Bonchev–Trinajstić information content (AvgIpc) is 2.40. The second-order valence-electron chi connectivity index (χ2n) is 5.53. The lowest BCUT2D eigenvalue weighted by molar-refractivity contribution is 0.0906. The number of nitrogens with zero attached hydrogens (tertiary/aromatic N) is 2. The molecule has 4 saturated heterocycles. The SMILES string of the molecule is CCC1CCSC(=NC2CN3CCC2CC3)N1. The molecule has 4 heteroatoms. The number of aliphatic imine (C=N–C) groups is 1. The molecule has 0 amide bonds. The van der Waals surface area contributed by atoms with Gasteiger partial charge < -0.3 is 10.2 Å². The highest BCUT2D eigenvalue weighted by Crippen LogP contribution is 2.30. The number of hydrogen-bond donors (Lipinski definition) is 1. The molecule has 2 unspecified atom stereocenters. The van der Waals surface area contributed by atoms with Crippen molar-refractivity contribution in [3.63, 3.8) is 0 Å². The van der Waals surface area contributed by atoms with Gasteiger partial charge in [0.15, 0.2) is 5.17 Å². The zero-order valence-corrected chi connectivity index (χ0v) is 11.5.